The first kappa shape index (κ1) is 28.7. The van der Waals surface area contributed by atoms with Crippen LogP contribution in [0.2, 0.25) is 0 Å². The molecule has 1 saturated heterocycles. The maximum Gasteiger partial charge on any atom is 0.246 e. The molecule has 5 rings (SSSR count). The van der Waals surface area contributed by atoms with E-state index < -0.39 is 0 Å². The van der Waals surface area contributed by atoms with Gasteiger partial charge in [0.05, 0.1) is 17.7 Å². The fraction of sp³-hybridized carbons (Fsp3) is 0.323. The Bertz CT molecular complexity index is 1620. The first-order valence-corrected chi connectivity index (χ1v) is 14.1. The number of amidine groups is 1. The second-order valence-corrected chi connectivity index (χ2v) is 10.6. The number of H-pyrrole nitrogens is 1. The smallest absolute Gasteiger partial charge is 0.246 e. The van der Waals surface area contributed by atoms with E-state index in [9.17, 15) is 4.79 Å². The van der Waals surface area contributed by atoms with Crippen LogP contribution in [0.1, 0.15) is 42.0 Å². The zero-order valence-electron chi connectivity index (χ0n) is 24.3. The third kappa shape index (κ3) is 6.92. The van der Waals surface area contributed by atoms with Gasteiger partial charge in [-0.1, -0.05) is 6.08 Å². The SMILES string of the molecule is Cc1cc(N=C(N=CN)c2[nH]ccc2[C@@H]2CCCN(C(=O)/C=C/CN(C)C)CC2)ccc1Oc1ccn2ncnc2c1. The van der Waals surface area contributed by atoms with E-state index in [0.29, 0.717) is 23.8 Å². The van der Waals surface area contributed by atoms with E-state index in [1.807, 2.05) is 79.6 Å². The Morgan fingerprint density at radius 1 is 1.21 bits per heavy atom. The average molecular weight is 568 g/mol. The van der Waals surface area contributed by atoms with Crippen LogP contribution in [-0.2, 0) is 4.79 Å². The highest BCUT2D eigenvalue weighted by molar-refractivity contribution is 6.04. The number of carbonyl (C=O) groups is 1. The molecule has 1 aliphatic rings. The average Bonchev–Trinajstić information content (AvgIpc) is 3.58. The van der Waals surface area contributed by atoms with Crippen LogP contribution < -0.4 is 10.5 Å². The van der Waals surface area contributed by atoms with Crippen LogP contribution in [0.3, 0.4) is 0 Å². The maximum atomic E-state index is 12.7. The molecule has 1 amide bonds. The molecule has 0 aliphatic carbocycles. The fourth-order valence-corrected chi connectivity index (χ4v) is 5.16. The van der Waals surface area contributed by atoms with Gasteiger partial charge in [-0.3, -0.25) is 4.79 Å². The van der Waals surface area contributed by atoms with Crippen molar-refractivity contribution in [2.24, 2.45) is 15.7 Å². The van der Waals surface area contributed by atoms with E-state index in [4.69, 9.17) is 15.5 Å². The van der Waals surface area contributed by atoms with E-state index in [0.717, 1.165) is 60.6 Å². The van der Waals surface area contributed by atoms with E-state index in [1.54, 1.807) is 10.6 Å². The van der Waals surface area contributed by atoms with Gasteiger partial charge in [0.15, 0.2) is 11.5 Å². The number of aliphatic imine (C=N–C) groups is 2. The first-order valence-electron chi connectivity index (χ1n) is 14.1. The number of aromatic nitrogens is 4. The minimum Gasteiger partial charge on any atom is -0.457 e. The summed E-state index contributed by atoms with van der Waals surface area (Å²) in [5.74, 6) is 2.24. The number of ether oxygens (including phenoxy) is 1. The quantitative estimate of drug-likeness (QED) is 0.184. The largest absolute Gasteiger partial charge is 0.457 e. The predicted molar refractivity (Wildman–Crippen MR) is 165 cm³/mol. The summed E-state index contributed by atoms with van der Waals surface area (Å²) in [5.41, 5.74) is 10.1. The van der Waals surface area contributed by atoms with Gasteiger partial charge < -0.3 is 25.3 Å². The van der Waals surface area contributed by atoms with Crippen molar-refractivity contribution in [3.8, 4) is 11.5 Å². The van der Waals surface area contributed by atoms with Gasteiger partial charge in [0, 0.05) is 44.2 Å². The Hall–Kier alpha value is -4.77. The number of aromatic amines is 1. The molecule has 3 aromatic heterocycles. The predicted octanol–water partition coefficient (Wildman–Crippen LogP) is 4.44. The molecule has 3 N–H and O–H groups in total. The van der Waals surface area contributed by atoms with Gasteiger partial charge in [-0.25, -0.2) is 19.5 Å². The van der Waals surface area contributed by atoms with Crippen molar-refractivity contribution in [2.45, 2.75) is 32.1 Å². The molecule has 0 bridgehead atoms. The molecule has 0 unspecified atom stereocenters. The van der Waals surface area contributed by atoms with Crippen molar-refractivity contribution in [3.63, 3.8) is 0 Å². The van der Waals surface area contributed by atoms with Gasteiger partial charge in [0.2, 0.25) is 5.91 Å². The molecule has 1 fully saturated rings. The molecule has 1 atom stereocenters. The van der Waals surface area contributed by atoms with Crippen LogP contribution in [0.25, 0.3) is 5.65 Å². The van der Waals surface area contributed by atoms with Gasteiger partial charge in [0.1, 0.15) is 17.8 Å². The minimum absolute atomic E-state index is 0.0728. The van der Waals surface area contributed by atoms with Crippen molar-refractivity contribution < 1.29 is 9.53 Å². The molecule has 1 aliphatic heterocycles. The second-order valence-electron chi connectivity index (χ2n) is 10.6. The van der Waals surface area contributed by atoms with Gasteiger partial charge in [-0.2, -0.15) is 5.10 Å². The summed E-state index contributed by atoms with van der Waals surface area (Å²) >= 11 is 0. The number of fused-ring (bicyclic) bond motifs is 1. The highest BCUT2D eigenvalue weighted by atomic mass is 16.5. The van der Waals surface area contributed by atoms with E-state index in [2.05, 4.69) is 26.1 Å². The monoisotopic (exact) mass is 567 g/mol. The Balaban J connectivity index is 1.31. The van der Waals surface area contributed by atoms with Gasteiger partial charge >= 0.3 is 0 Å². The zero-order valence-corrected chi connectivity index (χ0v) is 24.3. The zero-order chi connectivity index (χ0) is 29.5. The van der Waals surface area contributed by atoms with E-state index in [1.165, 1.54) is 12.7 Å². The van der Waals surface area contributed by atoms with Gasteiger partial charge in [0.25, 0.3) is 0 Å². The summed E-state index contributed by atoms with van der Waals surface area (Å²) in [7, 11) is 3.97. The van der Waals surface area contributed by atoms with Gasteiger partial charge in [-0.15, -0.1) is 0 Å². The summed E-state index contributed by atoms with van der Waals surface area (Å²) < 4.78 is 7.80. The highest BCUT2D eigenvalue weighted by Crippen LogP contribution is 2.33. The molecule has 42 heavy (non-hydrogen) atoms. The lowest BCUT2D eigenvalue weighted by atomic mass is 9.92. The van der Waals surface area contributed by atoms with Crippen LogP contribution in [0.4, 0.5) is 5.69 Å². The standard InChI is InChI=1S/C31H37N9O2/c1-22-18-24(8-9-27(22)42-25-12-17-40-28(19-25)35-21-36-40)37-31(34-20-32)30-26(10-13-33-30)23-6-4-15-39(16-11-23)29(41)7-5-14-38(2)3/h5,7-10,12-13,17-21,23,33H,4,6,11,14-16H2,1-3H3,(H2,32,34,37)/b7-5+/t23-/m1/s1. The Morgan fingerprint density at radius 3 is 2.90 bits per heavy atom. The maximum absolute atomic E-state index is 12.7. The molecule has 218 valence electrons. The minimum atomic E-state index is 0.0728. The molecule has 0 spiro atoms. The van der Waals surface area contributed by atoms with Crippen molar-refractivity contribution in [3.05, 3.63) is 84.1 Å². The van der Waals surface area contributed by atoms with Crippen molar-refractivity contribution in [1.29, 1.82) is 0 Å². The number of hydrogen-bond acceptors (Lipinski definition) is 6. The number of amides is 1. The number of nitrogens with two attached hydrogens (primary N) is 1. The topological polar surface area (TPSA) is 130 Å². The second kappa shape index (κ2) is 13.3. The lowest BCUT2D eigenvalue weighted by molar-refractivity contribution is -0.126. The molecule has 11 heteroatoms. The van der Waals surface area contributed by atoms with Crippen molar-refractivity contribution in [1.82, 2.24) is 29.4 Å². The number of pyridine rings is 1. The number of likely N-dealkylation sites (N-methyl/N-ethyl adjacent to an activating group) is 1. The number of likely N-dealkylation sites (tertiary alicyclic amines) is 1. The van der Waals surface area contributed by atoms with Crippen molar-refractivity contribution in [2.75, 3.05) is 33.7 Å². The lowest BCUT2D eigenvalue weighted by Crippen LogP contribution is -2.30. The number of nitrogens with one attached hydrogen (secondary N) is 1. The van der Waals surface area contributed by atoms with Crippen LogP contribution in [0.15, 0.2) is 77.3 Å². The molecule has 0 saturated carbocycles. The van der Waals surface area contributed by atoms with Crippen LogP contribution >= 0.6 is 0 Å². The number of nitrogens with zero attached hydrogens (tertiary/aromatic N) is 7. The molecule has 4 aromatic rings. The van der Waals surface area contributed by atoms with Crippen molar-refractivity contribution >= 4 is 29.4 Å². The Morgan fingerprint density at radius 2 is 2.10 bits per heavy atom. The van der Waals surface area contributed by atoms with Crippen LogP contribution in [-0.4, -0.2) is 81.2 Å². The molecular weight excluding hydrogens is 530 g/mol. The summed E-state index contributed by atoms with van der Waals surface area (Å²) in [6.45, 7) is 4.18. The van der Waals surface area contributed by atoms with Crippen LogP contribution in [0, 0.1) is 6.92 Å². The Labute approximate surface area is 245 Å². The fourth-order valence-electron chi connectivity index (χ4n) is 5.16. The molecular formula is C31H37N9O2. The number of aryl methyl sites for hydroxylation is 1. The number of hydrogen-bond donors (Lipinski definition) is 2. The molecule has 4 heterocycles. The Kier molecular flexibility index (Phi) is 9.08. The normalized spacial score (nSPS) is 16.6. The summed E-state index contributed by atoms with van der Waals surface area (Å²) in [6, 6.07) is 11.5. The first-order chi connectivity index (χ1) is 20.4. The number of rotatable bonds is 8. The lowest BCUT2D eigenvalue weighted by Gasteiger charge is -2.19. The van der Waals surface area contributed by atoms with E-state index >= 15 is 0 Å². The van der Waals surface area contributed by atoms with Crippen LogP contribution in [0.5, 0.6) is 11.5 Å². The third-order valence-electron chi connectivity index (χ3n) is 7.28. The number of carbonyl (C=O) groups excluding carboxylic acids is 1. The molecule has 11 nitrogen and oxygen atoms in total. The van der Waals surface area contributed by atoms with E-state index in [-0.39, 0.29) is 11.8 Å². The molecule has 1 aromatic carbocycles. The third-order valence-corrected chi connectivity index (χ3v) is 7.28. The van der Waals surface area contributed by atoms with Gasteiger partial charge in [-0.05, 0) is 87.7 Å². The summed E-state index contributed by atoms with van der Waals surface area (Å²) in [6.07, 6.45) is 12.9. The molecule has 0 radical (unpaired) electrons. The highest BCUT2D eigenvalue weighted by Gasteiger charge is 2.24. The number of benzene rings is 1. The summed E-state index contributed by atoms with van der Waals surface area (Å²) in [4.78, 5) is 33.5. The summed E-state index contributed by atoms with van der Waals surface area (Å²) in [5, 5.41) is 4.12.